The van der Waals surface area contributed by atoms with Crippen molar-refractivity contribution in [2.45, 2.75) is 25.0 Å². The van der Waals surface area contributed by atoms with E-state index in [-0.39, 0.29) is 18.4 Å². The van der Waals surface area contributed by atoms with Crippen molar-refractivity contribution >= 4 is 5.91 Å². The first-order chi connectivity index (χ1) is 11.6. The summed E-state index contributed by atoms with van der Waals surface area (Å²) in [5, 5.41) is 10.7. The fourth-order valence-corrected chi connectivity index (χ4v) is 3.05. The summed E-state index contributed by atoms with van der Waals surface area (Å²) in [6.45, 7) is 3.29. The molecule has 2 aromatic rings. The maximum atomic E-state index is 12.7. The number of carbonyl (C=O) groups excluding carboxylic acids is 1. The molecular weight excluding hydrogens is 302 g/mol. The van der Waals surface area contributed by atoms with Crippen molar-refractivity contribution in [1.29, 1.82) is 0 Å². The van der Waals surface area contributed by atoms with Gasteiger partial charge in [-0.25, -0.2) is 0 Å². The van der Waals surface area contributed by atoms with E-state index in [1.54, 1.807) is 11.8 Å². The molecule has 4 heteroatoms. The van der Waals surface area contributed by atoms with Crippen molar-refractivity contribution in [3.8, 4) is 0 Å². The van der Waals surface area contributed by atoms with E-state index in [2.05, 4.69) is 0 Å². The number of amides is 1. The van der Waals surface area contributed by atoms with Gasteiger partial charge >= 0.3 is 0 Å². The lowest BCUT2D eigenvalue weighted by Gasteiger charge is -2.35. The lowest BCUT2D eigenvalue weighted by molar-refractivity contribution is -0.144. The summed E-state index contributed by atoms with van der Waals surface area (Å²) >= 11 is 0. The van der Waals surface area contributed by atoms with Crippen LogP contribution >= 0.6 is 0 Å². The third-order valence-corrected chi connectivity index (χ3v) is 4.48. The number of morpholine rings is 1. The van der Waals surface area contributed by atoms with Gasteiger partial charge in [0.05, 0.1) is 25.2 Å². The van der Waals surface area contributed by atoms with Gasteiger partial charge in [0, 0.05) is 6.54 Å². The van der Waals surface area contributed by atoms with Crippen molar-refractivity contribution in [2.24, 2.45) is 0 Å². The van der Waals surface area contributed by atoms with Crippen LogP contribution in [0.5, 0.6) is 0 Å². The molecule has 1 saturated heterocycles. The second-order valence-electron chi connectivity index (χ2n) is 6.43. The lowest BCUT2D eigenvalue weighted by Crippen LogP contribution is -2.44. The SMILES string of the molecule is CC(O)(CC(=O)N1CCOC(c2ccccc2)C1)c1ccccc1. The smallest absolute Gasteiger partial charge is 0.225 e. The summed E-state index contributed by atoms with van der Waals surface area (Å²) in [5.41, 5.74) is 0.662. The molecule has 0 saturated carbocycles. The maximum Gasteiger partial charge on any atom is 0.225 e. The molecule has 0 spiro atoms. The zero-order valence-corrected chi connectivity index (χ0v) is 13.9. The van der Waals surface area contributed by atoms with E-state index in [4.69, 9.17) is 4.74 Å². The number of hydrogen-bond donors (Lipinski definition) is 1. The van der Waals surface area contributed by atoms with Crippen LogP contribution in [0, 0.1) is 0 Å². The molecule has 3 rings (SSSR count). The third kappa shape index (κ3) is 3.83. The van der Waals surface area contributed by atoms with Crippen LogP contribution in [0.25, 0.3) is 0 Å². The summed E-state index contributed by atoms with van der Waals surface area (Å²) in [5.74, 6) is -0.0481. The van der Waals surface area contributed by atoms with Crippen LogP contribution in [-0.2, 0) is 15.1 Å². The summed E-state index contributed by atoms with van der Waals surface area (Å²) in [6, 6.07) is 19.3. The molecule has 2 atom stereocenters. The van der Waals surface area contributed by atoms with Crippen molar-refractivity contribution in [1.82, 2.24) is 4.90 Å². The minimum Gasteiger partial charge on any atom is -0.385 e. The number of hydrogen-bond acceptors (Lipinski definition) is 3. The van der Waals surface area contributed by atoms with Gasteiger partial charge in [-0.1, -0.05) is 60.7 Å². The summed E-state index contributed by atoms with van der Waals surface area (Å²) < 4.78 is 5.80. The van der Waals surface area contributed by atoms with E-state index in [1.165, 1.54) is 0 Å². The standard InChI is InChI=1S/C20H23NO3/c1-20(23,17-10-6-3-7-11-17)14-19(22)21-12-13-24-18(15-21)16-8-4-2-5-9-16/h2-11,18,23H,12-15H2,1H3. The Morgan fingerprint density at radius 1 is 1.17 bits per heavy atom. The quantitative estimate of drug-likeness (QED) is 0.940. The molecule has 2 aromatic carbocycles. The minimum atomic E-state index is -1.17. The molecular formula is C20H23NO3. The zero-order valence-electron chi connectivity index (χ0n) is 13.9. The summed E-state index contributed by atoms with van der Waals surface area (Å²) in [7, 11) is 0. The second kappa shape index (κ2) is 7.16. The number of carbonyl (C=O) groups is 1. The molecule has 0 aromatic heterocycles. The Hall–Kier alpha value is -2.17. The number of ether oxygens (including phenoxy) is 1. The maximum absolute atomic E-state index is 12.7. The minimum absolute atomic E-state index is 0.0481. The molecule has 126 valence electrons. The fraction of sp³-hybridized carbons (Fsp3) is 0.350. The fourth-order valence-electron chi connectivity index (χ4n) is 3.05. The van der Waals surface area contributed by atoms with Gasteiger partial charge in [0.15, 0.2) is 0 Å². The highest BCUT2D eigenvalue weighted by molar-refractivity contribution is 5.77. The van der Waals surface area contributed by atoms with Crippen LogP contribution < -0.4 is 0 Å². The number of aliphatic hydroxyl groups is 1. The highest BCUT2D eigenvalue weighted by Gasteiger charge is 2.31. The Bertz CT molecular complexity index is 670. The van der Waals surface area contributed by atoms with Gasteiger partial charge in [-0.05, 0) is 18.1 Å². The molecule has 24 heavy (non-hydrogen) atoms. The Morgan fingerprint density at radius 3 is 2.46 bits per heavy atom. The van der Waals surface area contributed by atoms with Gasteiger partial charge in [0.2, 0.25) is 5.91 Å². The number of nitrogens with zero attached hydrogens (tertiary/aromatic N) is 1. The first kappa shape index (κ1) is 16.7. The van der Waals surface area contributed by atoms with Crippen LogP contribution in [0.15, 0.2) is 60.7 Å². The predicted molar refractivity (Wildman–Crippen MR) is 92.3 cm³/mol. The third-order valence-electron chi connectivity index (χ3n) is 4.48. The molecule has 1 aliphatic heterocycles. The van der Waals surface area contributed by atoms with E-state index >= 15 is 0 Å². The molecule has 4 nitrogen and oxygen atoms in total. The van der Waals surface area contributed by atoms with E-state index in [9.17, 15) is 9.90 Å². The predicted octanol–water partition coefficient (Wildman–Crippen LogP) is 2.88. The van der Waals surface area contributed by atoms with E-state index in [0.717, 1.165) is 11.1 Å². The van der Waals surface area contributed by atoms with Crippen LogP contribution in [0.3, 0.4) is 0 Å². The Morgan fingerprint density at radius 2 is 1.79 bits per heavy atom. The molecule has 1 heterocycles. The van der Waals surface area contributed by atoms with E-state index in [0.29, 0.717) is 19.7 Å². The normalized spacial score (nSPS) is 20.4. The number of benzene rings is 2. The summed E-state index contributed by atoms with van der Waals surface area (Å²) in [4.78, 5) is 14.5. The average Bonchev–Trinajstić information content (AvgIpc) is 2.63. The zero-order chi connectivity index (χ0) is 17.0. The van der Waals surface area contributed by atoms with Gasteiger partial charge in [0.1, 0.15) is 6.10 Å². The molecule has 0 aliphatic carbocycles. The highest BCUT2D eigenvalue weighted by Crippen LogP contribution is 2.27. The molecule has 1 fully saturated rings. The Balaban J connectivity index is 1.66. The van der Waals surface area contributed by atoms with Gasteiger partial charge in [-0.2, -0.15) is 0 Å². The average molecular weight is 325 g/mol. The Kier molecular flexibility index (Phi) is 4.97. The van der Waals surface area contributed by atoms with Crippen LogP contribution in [0.4, 0.5) is 0 Å². The van der Waals surface area contributed by atoms with Gasteiger partial charge in [-0.15, -0.1) is 0 Å². The van der Waals surface area contributed by atoms with Gasteiger partial charge in [-0.3, -0.25) is 4.79 Å². The first-order valence-corrected chi connectivity index (χ1v) is 8.28. The summed E-state index contributed by atoms with van der Waals surface area (Å²) in [6.07, 6.45) is -0.0380. The highest BCUT2D eigenvalue weighted by atomic mass is 16.5. The largest absolute Gasteiger partial charge is 0.385 e. The monoisotopic (exact) mass is 325 g/mol. The molecule has 1 N–H and O–H groups in total. The first-order valence-electron chi connectivity index (χ1n) is 8.28. The van der Waals surface area contributed by atoms with E-state index < -0.39 is 5.60 Å². The lowest BCUT2D eigenvalue weighted by atomic mass is 9.92. The van der Waals surface area contributed by atoms with Crippen LogP contribution in [0.2, 0.25) is 0 Å². The molecule has 1 aliphatic rings. The topological polar surface area (TPSA) is 49.8 Å². The molecule has 1 amide bonds. The van der Waals surface area contributed by atoms with Crippen LogP contribution in [-0.4, -0.2) is 35.6 Å². The Labute approximate surface area is 142 Å². The molecule has 2 unspecified atom stereocenters. The second-order valence-corrected chi connectivity index (χ2v) is 6.43. The van der Waals surface area contributed by atoms with Gasteiger partial charge in [0.25, 0.3) is 0 Å². The molecule has 0 radical (unpaired) electrons. The van der Waals surface area contributed by atoms with Crippen LogP contribution in [0.1, 0.15) is 30.6 Å². The van der Waals surface area contributed by atoms with Crippen molar-refractivity contribution in [2.75, 3.05) is 19.7 Å². The number of rotatable bonds is 4. The van der Waals surface area contributed by atoms with Crippen molar-refractivity contribution in [3.63, 3.8) is 0 Å². The van der Waals surface area contributed by atoms with Gasteiger partial charge < -0.3 is 14.7 Å². The molecule has 0 bridgehead atoms. The van der Waals surface area contributed by atoms with Crippen molar-refractivity contribution < 1.29 is 14.6 Å². The van der Waals surface area contributed by atoms with Crippen molar-refractivity contribution in [3.05, 3.63) is 71.8 Å². The van der Waals surface area contributed by atoms with E-state index in [1.807, 2.05) is 60.7 Å².